The third-order valence-corrected chi connectivity index (χ3v) is 3.43. The molecule has 0 heterocycles. The van der Waals surface area contributed by atoms with E-state index in [1.54, 1.807) is 12.1 Å². The van der Waals surface area contributed by atoms with Crippen LogP contribution in [0.2, 0.25) is 0 Å². The lowest BCUT2D eigenvalue weighted by Crippen LogP contribution is -2.11. The van der Waals surface area contributed by atoms with Gasteiger partial charge in [-0.05, 0) is 30.7 Å². The fourth-order valence-corrected chi connectivity index (χ4v) is 2.24. The van der Waals surface area contributed by atoms with Crippen molar-refractivity contribution in [3.8, 4) is 11.5 Å². The molecule has 0 atom stereocenters. The number of rotatable bonds is 7. The molecule has 0 amide bonds. The molecule has 126 valence electrons. The maximum Gasteiger partial charge on any atom is 0.311 e. The molecule has 0 saturated heterocycles. The van der Waals surface area contributed by atoms with E-state index in [1.807, 2.05) is 12.1 Å². The number of benzene rings is 2. The van der Waals surface area contributed by atoms with Crippen LogP contribution < -0.4 is 9.47 Å². The molecule has 0 bridgehead atoms. The minimum atomic E-state index is -0.738. The van der Waals surface area contributed by atoms with E-state index >= 15 is 0 Å². The van der Waals surface area contributed by atoms with Crippen molar-refractivity contribution in [1.82, 2.24) is 0 Å². The zero-order valence-corrected chi connectivity index (χ0v) is 14.0. The number of hydrogen-bond acceptors (Lipinski definition) is 5. The summed E-state index contributed by atoms with van der Waals surface area (Å²) >= 11 is 3.32. The average Bonchev–Trinajstić information content (AvgIpc) is 2.51. The smallest absolute Gasteiger partial charge is 0.311 e. The summed E-state index contributed by atoms with van der Waals surface area (Å²) in [5.74, 6) is -1.17. The second-order valence-corrected chi connectivity index (χ2v) is 5.67. The highest BCUT2D eigenvalue weighted by Gasteiger charge is 2.18. The number of nitro groups is 1. The Morgan fingerprint density at radius 3 is 2.75 bits per heavy atom. The number of nitro benzene ring substituents is 1. The molecule has 0 aliphatic heterocycles. The maximum atomic E-state index is 13.2. The number of ether oxygens (including phenoxy) is 2. The summed E-state index contributed by atoms with van der Waals surface area (Å²) < 4.78 is 24.4. The normalized spacial score (nSPS) is 10.2. The standard InChI is InChI=1S/C16H13BrFNO5/c17-11-3-1-4-13(9-11)23-8-2-5-16(20)24-15-10-12(18)6-7-14(15)19(21)22/h1,3-4,6-7,9-10H,2,5,8H2. The van der Waals surface area contributed by atoms with E-state index in [2.05, 4.69) is 15.9 Å². The minimum Gasteiger partial charge on any atom is -0.494 e. The van der Waals surface area contributed by atoms with Crippen LogP contribution in [0.15, 0.2) is 46.9 Å². The van der Waals surface area contributed by atoms with E-state index in [-0.39, 0.29) is 13.0 Å². The molecule has 2 aromatic rings. The molecule has 0 fully saturated rings. The number of carbonyl (C=O) groups excluding carboxylic acids is 1. The summed E-state index contributed by atoms with van der Waals surface area (Å²) in [5.41, 5.74) is -0.463. The molecule has 6 nitrogen and oxygen atoms in total. The number of hydrogen-bond donors (Lipinski definition) is 0. The SMILES string of the molecule is O=C(CCCOc1cccc(Br)c1)Oc1cc(F)ccc1[N+](=O)[O-]. The maximum absolute atomic E-state index is 13.2. The third-order valence-electron chi connectivity index (χ3n) is 2.93. The largest absolute Gasteiger partial charge is 0.494 e. The summed E-state index contributed by atoms with van der Waals surface area (Å²) in [6, 6.07) is 9.93. The van der Waals surface area contributed by atoms with Gasteiger partial charge in [0.1, 0.15) is 11.6 Å². The molecule has 0 spiro atoms. The van der Waals surface area contributed by atoms with E-state index in [0.29, 0.717) is 12.2 Å². The van der Waals surface area contributed by atoms with Crippen LogP contribution in [0.4, 0.5) is 10.1 Å². The van der Waals surface area contributed by atoms with Crippen LogP contribution in [0, 0.1) is 15.9 Å². The fourth-order valence-electron chi connectivity index (χ4n) is 1.86. The second kappa shape index (κ2) is 8.39. The van der Waals surface area contributed by atoms with Gasteiger partial charge >= 0.3 is 11.7 Å². The van der Waals surface area contributed by atoms with Gasteiger partial charge in [0.15, 0.2) is 0 Å². The molecule has 2 rings (SSSR count). The van der Waals surface area contributed by atoms with Crippen LogP contribution >= 0.6 is 15.9 Å². The predicted octanol–water partition coefficient (Wildman–Crippen LogP) is 4.26. The van der Waals surface area contributed by atoms with Crippen molar-refractivity contribution in [2.75, 3.05) is 6.61 Å². The Balaban J connectivity index is 1.83. The summed E-state index contributed by atoms with van der Waals surface area (Å²) in [6.45, 7) is 0.275. The highest BCUT2D eigenvalue weighted by molar-refractivity contribution is 9.10. The van der Waals surface area contributed by atoms with Crippen LogP contribution in [0.3, 0.4) is 0 Å². The van der Waals surface area contributed by atoms with Crippen molar-refractivity contribution in [2.45, 2.75) is 12.8 Å². The molecular formula is C16H13BrFNO5. The summed E-state index contributed by atoms with van der Waals surface area (Å²) in [4.78, 5) is 21.8. The number of halogens is 2. The predicted molar refractivity (Wildman–Crippen MR) is 87.6 cm³/mol. The van der Waals surface area contributed by atoms with Gasteiger partial charge in [0.05, 0.1) is 11.5 Å². The molecule has 0 aliphatic carbocycles. The average molecular weight is 398 g/mol. The van der Waals surface area contributed by atoms with Crippen LogP contribution in [0.5, 0.6) is 11.5 Å². The molecule has 0 aromatic heterocycles. The van der Waals surface area contributed by atoms with Crippen molar-refractivity contribution in [1.29, 1.82) is 0 Å². The first-order valence-corrected chi connectivity index (χ1v) is 7.78. The molecular weight excluding hydrogens is 385 g/mol. The molecule has 0 N–H and O–H groups in total. The van der Waals surface area contributed by atoms with Crippen molar-refractivity contribution < 1.29 is 23.6 Å². The van der Waals surface area contributed by atoms with Gasteiger partial charge in [0.2, 0.25) is 5.75 Å². The number of carbonyl (C=O) groups is 1. The molecule has 0 aliphatic rings. The van der Waals surface area contributed by atoms with E-state index in [0.717, 1.165) is 22.7 Å². The second-order valence-electron chi connectivity index (χ2n) is 4.75. The third kappa shape index (κ3) is 5.31. The van der Waals surface area contributed by atoms with Gasteiger partial charge in [-0.3, -0.25) is 14.9 Å². The van der Waals surface area contributed by atoms with Gasteiger partial charge in [-0.1, -0.05) is 22.0 Å². The van der Waals surface area contributed by atoms with Gasteiger partial charge in [0.25, 0.3) is 0 Å². The lowest BCUT2D eigenvalue weighted by atomic mass is 10.3. The van der Waals surface area contributed by atoms with Gasteiger partial charge in [-0.2, -0.15) is 0 Å². The van der Waals surface area contributed by atoms with Crippen LogP contribution in [0.1, 0.15) is 12.8 Å². The van der Waals surface area contributed by atoms with Crippen LogP contribution in [-0.4, -0.2) is 17.5 Å². The van der Waals surface area contributed by atoms with Gasteiger partial charge in [-0.15, -0.1) is 0 Å². The van der Waals surface area contributed by atoms with Crippen LogP contribution in [0.25, 0.3) is 0 Å². The van der Waals surface area contributed by atoms with Crippen molar-refractivity contribution >= 4 is 27.6 Å². The van der Waals surface area contributed by atoms with E-state index in [1.165, 1.54) is 0 Å². The first-order valence-electron chi connectivity index (χ1n) is 6.98. The molecule has 2 aromatic carbocycles. The zero-order valence-electron chi connectivity index (χ0n) is 12.4. The molecule has 24 heavy (non-hydrogen) atoms. The monoisotopic (exact) mass is 397 g/mol. The quantitative estimate of drug-likeness (QED) is 0.229. The van der Waals surface area contributed by atoms with E-state index < -0.39 is 28.1 Å². The lowest BCUT2D eigenvalue weighted by Gasteiger charge is -2.07. The summed E-state index contributed by atoms with van der Waals surface area (Å²) in [5, 5.41) is 10.8. The minimum absolute atomic E-state index is 0.0122. The van der Waals surface area contributed by atoms with Crippen molar-refractivity contribution in [3.05, 3.63) is 62.9 Å². The molecule has 0 radical (unpaired) electrons. The Hall–Kier alpha value is -2.48. The lowest BCUT2D eigenvalue weighted by molar-refractivity contribution is -0.385. The van der Waals surface area contributed by atoms with Crippen LogP contribution in [-0.2, 0) is 4.79 Å². The highest BCUT2D eigenvalue weighted by atomic mass is 79.9. The number of nitrogens with zero attached hydrogens (tertiary/aromatic N) is 1. The Bertz CT molecular complexity index is 753. The Kier molecular flexibility index (Phi) is 6.25. The number of esters is 1. The fraction of sp³-hybridized carbons (Fsp3) is 0.188. The van der Waals surface area contributed by atoms with E-state index in [9.17, 15) is 19.3 Å². The Morgan fingerprint density at radius 2 is 2.04 bits per heavy atom. The molecule has 8 heteroatoms. The van der Waals surface area contributed by atoms with Gasteiger partial charge < -0.3 is 9.47 Å². The highest BCUT2D eigenvalue weighted by Crippen LogP contribution is 2.27. The van der Waals surface area contributed by atoms with Crippen molar-refractivity contribution in [3.63, 3.8) is 0 Å². The summed E-state index contributed by atoms with van der Waals surface area (Å²) in [7, 11) is 0. The van der Waals surface area contributed by atoms with E-state index in [4.69, 9.17) is 9.47 Å². The van der Waals surface area contributed by atoms with Crippen molar-refractivity contribution in [2.24, 2.45) is 0 Å². The first-order chi connectivity index (χ1) is 11.5. The summed E-state index contributed by atoms with van der Waals surface area (Å²) in [6.07, 6.45) is 0.343. The Labute approximate surface area is 145 Å². The zero-order chi connectivity index (χ0) is 17.5. The molecule has 0 saturated carbocycles. The van der Waals surface area contributed by atoms with Gasteiger partial charge in [0, 0.05) is 23.0 Å². The molecule has 0 unspecified atom stereocenters. The van der Waals surface area contributed by atoms with Gasteiger partial charge in [-0.25, -0.2) is 4.39 Å². The first kappa shape index (κ1) is 17.9. The topological polar surface area (TPSA) is 78.7 Å². The Morgan fingerprint density at radius 1 is 1.25 bits per heavy atom.